The van der Waals surface area contributed by atoms with Crippen LogP contribution in [-0.4, -0.2) is 58.4 Å². The Kier molecular flexibility index (Phi) is 10.4. The Morgan fingerprint density at radius 1 is 1.05 bits per heavy atom. The standard InChI is InChI=1S/C30H35N7O3S/c1-20-19-41-27(33-20)18-37(2)29(39)23-11-7-10-22(15-23)28(38)34-24(14-21-8-5-4-6-9-21)12-13-32-17-25-16-26(40-3)36-30(31)35-25/h4-11,15-16,19,24,32H,12-14,17-18H2,1-3H3,(H,34,38)(H2,31,35,36)/t24-/m1/s1. The second-order valence-corrected chi connectivity index (χ2v) is 10.7. The van der Waals surface area contributed by atoms with Crippen LogP contribution in [0.25, 0.3) is 0 Å². The van der Waals surface area contributed by atoms with Crippen LogP contribution in [0.2, 0.25) is 0 Å². The Hall–Kier alpha value is -4.35. The molecule has 0 fully saturated rings. The van der Waals surface area contributed by atoms with Crippen molar-refractivity contribution in [3.8, 4) is 5.88 Å². The number of rotatable bonds is 13. The van der Waals surface area contributed by atoms with E-state index in [2.05, 4.69) is 25.6 Å². The summed E-state index contributed by atoms with van der Waals surface area (Å²) in [6.07, 6.45) is 1.34. The van der Waals surface area contributed by atoms with Crippen molar-refractivity contribution in [2.75, 3.05) is 26.4 Å². The Bertz CT molecular complexity index is 1460. The van der Waals surface area contributed by atoms with Gasteiger partial charge in [-0.3, -0.25) is 9.59 Å². The minimum absolute atomic E-state index is 0.141. The number of nitrogens with two attached hydrogens (primary N) is 1. The van der Waals surface area contributed by atoms with Crippen molar-refractivity contribution >= 4 is 29.1 Å². The summed E-state index contributed by atoms with van der Waals surface area (Å²) in [5.41, 5.74) is 9.42. The zero-order chi connectivity index (χ0) is 29.2. The molecule has 214 valence electrons. The molecule has 2 amide bonds. The van der Waals surface area contributed by atoms with E-state index in [0.717, 1.165) is 22.0 Å². The number of nitrogen functional groups attached to an aromatic ring is 1. The number of hydrogen-bond acceptors (Lipinski definition) is 9. The number of thiazole rings is 1. The Morgan fingerprint density at radius 2 is 1.83 bits per heavy atom. The molecule has 0 aliphatic heterocycles. The number of anilines is 1. The van der Waals surface area contributed by atoms with Gasteiger partial charge in [0.25, 0.3) is 11.8 Å². The molecular weight excluding hydrogens is 538 g/mol. The van der Waals surface area contributed by atoms with E-state index in [-0.39, 0.29) is 23.8 Å². The van der Waals surface area contributed by atoms with Crippen LogP contribution >= 0.6 is 11.3 Å². The lowest BCUT2D eigenvalue weighted by molar-refractivity contribution is 0.0785. The number of nitrogens with one attached hydrogen (secondary N) is 2. The number of aromatic nitrogens is 3. The third kappa shape index (κ3) is 8.82. The largest absolute Gasteiger partial charge is 0.481 e. The fourth-order valence-electron chi connectivity index (χ4n) is 4.34. The minimum atomic E-state index is -0.230. The first-order chi connectivity index (χ1) is 19.8. The highest BCUT2D eigenvalue weighted by Gasteiger charge is 2.18. The van der Waals surface area contributed by atoms with Crippen molar-refractivity contribution in [3.63, 3.8) is 0 Å². The van der Waals surface area contributed by atoms with Crippen LogP contribution in [0.5, 0.6) is 5.88 Å². The number of aryl methyl sites for hydroxylation is 1. The zero-order valence-corrected chi connectivity index (χ0v) is 24.3. The first-order valence-corrected chi connectivity index (χ1v) is 14.2. The van der Waals surface area contributed by atoms with Crippen LogP contribution in [0.3, 0.4) is 0 Å². The Labute approximate surface area is 244 Å². The smallest absolute Gasteiger partial charge is 0.253 e. The summed E-state index contributed by atoms with van der Waals surface area (Å²) in [5, 5.41) is 9.36. The predicted molar refractivity (Wildman–Crippen MR) is 160 cm³/mol. The van der Waals surface area contributed by atoms with Gasteiger partial charge in [0.1, 0.15) is 5.01 Å². The normalized spacial score (nSPS) is 11.6. The summed E-state index contributed by atoms with van der Waals surface area (Å²) < 4.78 is 5.16. The van der Waals surface area contributed by atoms with Gasteiger partial charge in [-0.05, 0) is 50.1 Å². The van der Waals surface area contributed by atoms with Crippen molar-refractivity contribution in [2.24, 2.45) is 0 Å². The molecule has 4 aromatic rings. The van der Waals surface area contributed by atoms with Crippen LogP contribution in [0.4, 0.5) is 5.95 Å². The Morgan fingerprint density at radius 3 is 2.56 bits per heavy atom. The van der Waals surface area contributed by atoms with Crippen LogP contribution < -0.4 is 21.1 Å². The van der Waals surface area contributed by atoms with Crippen LogP contribution in [0.1, 0.15) is 49.1 Å². The first-order valence-electron chi connectivity index (χ1n) is 13.3. The van der Waals surface area contributed by atoms with E-state index in [0.29, 0.717) is 49.5 Å². The lowest BCUT2D eigenvalue weighted by Crippen LogP contribution is -2.38. The molecule has 1 atom stereocenters. The summed E-state index contributed by atoms with van der Waals surface area (Å²) in [7, 11) is 3.27. The molecule has 10 nitrogen and oxygen atoms in total. The SMILES string of the molecule is COc1cc(CNCC[C@H](Cc2ccccc2)NC(=O)c2cccc(C(=O)N(C)Cc3nc(C)cs3)c2)nc(N)n1. The molecule has 0 saturated carbocycles. The van der Waals surface area contributed by atoms with Gasteiger partial charge < -0.3 is 26.0 Å². The highest BCUT2D eigenvalue weighted by atomic mass is 32.1. The van der Waals surface area contributed by atoms with Crippen LogP contribution in [0.15, 0.2) is 66.0 Å². The van der Waals surface area contributed by atoms with Gasteiger partial charge in [-0.25, -0.2) is 9.97 Å². The lowest BCUT2D eigenvalue weighted by Gasteiger charge is -2.20. The van der Waals surface area contributed by atoms with Gasteiger partial charge in [-0.15, -0.1) is 11.3 Å². The minimum Gasteiger partial charge on any atom is -0.481 e. The predicted octanol–water partition coefficient (Wildman–Crippen LogP) is 3.63. The number of ether oxygens (including phenoxy) is 1. The van der Waals surface area contributed by atoms with E-state index in [1.165, 1.54) is 18.4 Å². The molecule has 2 aromatic heterocycles. The summed E-state index contributed by atoms with van der Waals surface area (Å²) in [5.74, 6) is 0.167. The molecule has 41 heavy (non-hydrogen) atoms. The van der Waals surface area contributed by atoms with E-state index in [4.69, 9.17) is 10.5 Å². The van der Waals surface area contributed by atoms with Crippen molar-refractivity contribution < 1.29 is 14.3 Å². The molecular formula is C30H35N7O3S. The van der Waals surface area contributed by atoms with E-state index in [1.807, 2.05) is 42.6 Å². The lowest BCUT2D eigenvalue weighted by atomic mass is 10.0. The first kappa shape index (κ1) is 29.6. The number of methoxy groups -OCH3 is 1. The average molecular weight is 574 g/mol. The molecule has 2 aromatic carbocycles. The molecule has 0 aliphatic carbocycles. The fourth-order valence-corrected chi connectivity index (χ4v) is 5.16. The quantitative estimate of drug-likeness (QED) is 0.206. The molecule has 2 heterocycles. The summed E-state index contributed by atoms with van der Waals surface area (Å²) in [6, 6.07) is 18.4. The third-order valence-electron chi connectivity index (χ3n) is 6.38. The molecule has 11 heteroatoms. The number of benzene rings is 2. The number of carbonyl (C=O) groups is 2. The van der Waals surface area contributed by atoms with Gasteiger partial charge >= 0.3 is 0 Å². The maximum absolute atomic E-state index is 13.3. The van der Waals surface area contributed by atoms with E-state index in [1.54, 1.807) is 42.3 Å². The molecule has 0 saturated heterocycles. The number of nitrogens with zero attached hydrogens (tertiary/aromatic N) is 4. The summed E-state index contributed by atoms with van der Waals surface area (Å²) >= 11 is 1.52. The fraction of sp³-hybridized carbons (Fsp3) is 0.300. The van der Waals surface area contributed by atoms with E-state index >= 15 is 0 Å². The van der Waals surface area contributed by atoms with Gasteiger partial charge in [0.15, 0.2) is 0 Å². The highest BCUT2D eigenvalue weighted by Crippen LogP contribution is 2.15. The maximum Gasteiger partial charge on any atom is 0.253 e. The topological polar surface area (TPSA) is 135 Å². The second kappa shape index (κ2) is 14.3. The highest BCUT2D eigenvalue weighted by molar-refractivity contribution is 7.09. The average Bonchev–Trinajstić information content (AvgIpc) is 3.39. The molecule has 0 bridgehead atoms. The summed E-state index contributed by atoms with van der Waals surface area (Å²) in [4.78, 5) is 40.7. The molecule has 4 N–H and O–H groups in total. The Balaban J connectivity index is 1.39. The van der Waals surface area contributed by atoms with Gasteiger partial charge in [0.05, 0.1) is 19.3 Å². The molecule has 0 spiro atoms. The zero-order valence-electron chi connectivity index (χ0n) is 23.5. The van der Waals surface area contributed by atoms with Gasteiger partial charge in [-0.2, -0.15) is 4.98 Å². The van der Waals surface area contributed by atoms with Crippen LogP contribution in [0, 0.1) is 6.92 Å². The van der Waals surface area contributed by atoms with E-state index < -0.39 is 0 Å². The second-order valence-electron chi connectivity index (χ2n) is 9.71. The van der Waals surface area contributed by atoms with Gasteiger partial charge in [-0.1, -0.05) is 36.4 Å². The van der Waals surface area contributed by atoms with Gasteiger partial charge in [0.2, 0.25) is 11.8 Å². The van der Waals surface area contributed by atoms with Gasteiger partial charge in [0, 0.05) is 47.9 Å². The monoisotopic (exact) mass is 573 g/mol. The number of carbonyl (C=O) groups excluding carboxylic acids is 2. The van der Waals surface area contributed by atoms with Crippen molar-refractivity contribution in [2.45, 2.75) is 38.9 Å². The maximum atomic E-state index is 13.3. The third-order valence-corrected chi connectivity index (χ3v) is 7.33. The number of hydrogen-bond donors (Lipinski definition) is 3. The summed E-state index contributed by atoms with van der Waals surface area (Å²) in [6.45, 7) is 3.45. The molecule has 0 unspecified atom stereocenters. The van der Waals surface area contributed by atoms with E-state index in [9.17, 15) is 9.59 Å². The van der Waals surface area contributed by atoms with Crippen molar-refractivity contribution in [1.29, 1.82) is 0 Å². The van der Waals surface area contributed by atoms with Crippen molar-refractivity contribution in [1.82, 2.24) is 30.5 Å². The molecule has 0 radical (unpaired) electrons. The molecule has 4 rings (SSSR count). The van der Waals surface area contributed by atoms with Crippen LogP contribution in [-0.2, 0) is 19.5 Å². The molecule has 0 aliphatic rings. The van der Waals surface area contributed by atoms with Crippen molar-refractivity contribution in [3.05, 3.63) is 99.1 Å². The number of amides is 2.